The van der Waals surface area contributed by atoms with Crippen molar-refractivity contribution in [3.05, 3.63) is 28.3 Å². The van der Waals surface area contributed by atoms with Gasteiger partial charge in [-0.1, -0.05) is 0 Å². The van der Waals surface area contributed by atoms with Crippen LogP contribution in [0, 0.1) is 16.0 Å². The first-order valence-corrected chi connectivity index (χ1v) is 8.41. The second-order valence-corrected chi connectivity index (χ2v) is 7.22. The van der Waals surface area contributed by atoms with Crippen LogP contribution in [0.1, 0.15) is 12.8 Å². The Hall–Kier alpha value is -1.78. The summed E-state index contributed by atoms with van der Waals surface area (Å²) in [6.45, 7) is -0.163. The van der Waals surface area contributed by atoms with Crippen molar-refractivity contribution in [3.63, 3.8) is 0 Å². The number of halogens is 1. The molecule has 0 spiro atoms. The number of sulfonamides is 1. The molecule has 2 rings (SSSR count). The molecule has 1 aromatic carbocycles. The van der Waals surface area contributed by atoms with Crippen LogP contribution in [-0.4, -0.2) is 39.3 Å². The van der Waals surface area contributed by atoms with E-state index < -0.39 is 27.2 Å². The summed E-state index contributed by atoms with van der Waals surface area (Å²) in [4.78, 5) is 10.1. The third-order valence-electron chi connectivity index (χ3n) is 4.07. The van der Waals surface area contributed by atoms with E-state index >= 15 is 0 Å². The number of benzene rings is 1. The number of nitrogens with zero attached hydrogens (tertiary/aromatic N) is 1. The summed E-state index contributed by atoms with van der Waals surface area (Å²) < 4.78 is 40.5. The van der Waals surface area contributed by atoms with Crippen molar-refractivity contribution in [3.8, 4) is 0 Å². The van der Waals surface area contributed by atoms with E-state index in [2.05, 4.69) is 5.32 Å². The molecule has 8 nitrogen and oxygen atoms in total. The zero-order valence-corrected chi connectivity index (χ0v) is 13.3. The largest absolute Gasteiger partial charge is 0.379 e. The van der Waals surface area contributed by atoms with Gasteiger partial charge in [0.15, 0.2) is 0 Å². The molecule has 0 atom stereocenters. The average Bonchev–Trinajstić information content (AvgIpc) is 2.45. The Balaban J connectivity index is 2.08. The quantitative estimate of drug-likeness (QED) is 0.568. The van der Waals surface area contributed by atoms with Crippen molar-refractivity contribution in [2.45, 2.75) is 23.3 Å². The van der Waals surface area contributed by atoms with Crippen LogP contribution >= 0.6 is 0 Å². The minimum absolute atomic E-state index is 0.128. The summed E-state index contributed by atoms with van der Waals surface area (Å²) in [7, 11) is -2.55. The molecular formula is C13H18FN3O5S. The van der Waals surface area contributed by atoms with Gasteiger partial charge < -0.3 is 10.1 Å². The monoisotopic (exact) mass is 347 g/mol. The highest BCUT2D eigenvalue weighted by Gasteiger charge is 2.44. The van der Waals surface area contributed by atoms with E-state index in [0.29, 0.717) is 19.4 Å². The smallest absolute Gasteiger partial charge is 0.293 e. The maximum Gasteiger partial charge on any atom is 0.293 e. The van der Waals surface area contributed by atoms with Crippen molar-refractivity contribution < 1.29 is 22.5 Å². The fourth-order valence-corrected chi connectivity index (χ4v) is 3.24. The normalized spacial score (nSPS) is 24.0. The molecule has 23 heavy (non-hydrogen) atoms. The van der Waals surface area contributed by atoms with Crippen LogP contribution in [-0.2, 0) is 14.8 Å². The van der Waals surface area contributed by atoms with Gasteiger partial charge >= 0.3 is 0 Å². The number of ether oxygens (including phenoxy) is 1. The summed E-state index contributed by atoms with van der Waals surface area (Å²) in [5.41, 5.74) is -0.924. The predicted molar refractivity (Wildman–Crippen MR) is 81.4 cm³/mol. The zero-order valence-electron chi connectivity index (χ0n) is 12.5. The van der Waals surface area contributed by atoms with Crippen LogP contribution in [0.15, 0.2) is 23.1 Å². The van der Waals surface area contributed by atoms with E-state index in [1.54, 1.807) is 0 Å². The standard InChI is InChI=1S/C13H18FN3O5S/c1-22-13(8-14)5-9(6-13)7-16-11-3-2-10(23(15,20)21)4-12(11)17(18)19/h2-4,9,16H,5-8H2,1H3,(H2,15,20,21)/t9-,13-. The van der Waals surface area contributed by atoms with E-state index in [1.807, 2.05) is 0 Å². The fraction of sp³-hybridized carbons (Fsp3) is 0.538. The van der Waals surface area contributed by atoms with Crippen LogP contribution in [0.2, 0.25) is 0 Å². The lowest BCUT2D eigenvalue weighted by atomic mass is 9.71. The molecule has 0 heterocycles. The van der Waals surface area contributed by atoms with Gasteiger partial charge in [0.2, 0.25) is 10.0 Å². The minimum atomic E-state index is -4.01. The average molecular weight is 347 g/mol. The summed E-state index contributed by atoms with van der Waals surface area (Å²) in [5.74, 6) is 0.128. The number of nitrogens with one attached hydrogen (secondary N) is 1. The van der Waals surface area contributed by atoms with Crippen molar-refractivity contribution in [1.29, 1.82) is 0 Å². The second-order valence-electron chi connectivity index (χ2n) is 5.66. The van der Waals surface area contributed by atoms with E-state index in [9.17, 15) is 22.9 Å². The Morgan fingerprint density at radius 3 is 2.65 bits per heavy atom. The Kier molecular flexibility index (Phi) is 4.87. The van der Waals surface area contributed by atoms with Gasteiger partial charge in [-0.2, -0.15) is 0 Å². The van der Waals surface area contributed by atoms with Gasteiger partial charge in [0.25, 0.3) is 5.69 Å². The molecular weight excluding hydrogens is 329 g/mol. The highest BCUT2D eigenvalue weighted by atomic mass is 32.2. The summed E-state index contributed by atoms with van der Waals surface area (Å²) in [6, 6.07) is 3.42. The third kappa shape index (κ3) is 3.77. The maximum atomic E-state index is 12.9. The number of alkyl halides is 1. The number of anilines is 1. The summed E-state index contributed by atoms with van der Waals surface area (Å²) in [6.07, 6.45) is 1.05. The Morgan fingerprint density at radius 1 is 1.52 bits per heavy atom. The minimum Gasteiger partial charge on any atom is -0.379 e. The molecule has 1 aliphatic rings. The van der Waals surface area contributed by atoms with Gasteiger partial charge in [-0.05, 0) is 30.9 Å². The molecule has 0 aliphatic heterocycles. The van der Waals surface area contributed by atoms with Gasteiger partial charge in [0, 0.05) is 19.7 Å². The molecule has 1 aliphatic carbocycles. The molecule has 0 radical (unpaired) electrons. The molecule has 0 unspecified atom stereocenters. The molecule has 1 saturated carbocycles. The summed E-state index contributed by atoms with van der Waals surface area (Å²) >= 11 is 0. The Labute approximate surface area is 133 Å². The van der Waals surface area contributed by atoms with Crippen molar-refractivity contribution in [1.82, 2.24) is 0 Å². The lowest BCUT2D eigenvalue weighted by molar-refractivity contribution is -0.384. The van der Waals surface area contributed by atoms with Crippen LogP contribution in [0.5, 0.6) is 0 Å². The van der Waals surface area contributed by atoms with Gasteiger partial charge in [0.05, 0.1) is 15.4 Å². The fourth-order valence-electron chi connectivity index (χ4n) is 2.71. The molecule has 1 aromatic rings. The number of nitro groups is 1. The number of rotatable bonds is 7. The lowest BCUT2D eigenvalue weighted by Gasteiger charge is -2.44. The van der Waals surface area contributed by atoms with Gasteiger partial charge in [-0.3, -0.25) is 10.1 Å². The first-order valence-electron chi connectivity index (χ1n) is 6.87. The van der Waals surface area contributed by atoms with E-state index in [-0.39, 0.29) is 22.2 Å². The SMILES string of the molecule is CO[C@]1(CF)C[C@@H](CNc2ccc(S(N)(=O)=O)cc2[N+](=O)[O-])C1. The van der Waals surface area contributed by atoms with Crippen molar-refractivity contribution >= 4 is 21.4 Å². The molecule has 1 fully saturated rings. The van der Waals surface area contributed by atoms with Crippen LogP contribution in [0.25, 0.3) is 0 Å². The number of nitrogens with two attached hydrogens (primary N) is 1. The van der Waals surface area contributed by atoms with Crippen LogP contribution in [0.3, 0.4) is 0 Å². The van der Waals surface area contributed by atoms with E-state index in [4.69, 9.17) is 9.88 Å². The molecule has 3 N–H and O–H groups in total. The highest BCUT2D eigenvalue weighted by Crippen LogP contribution is 2.41. The van der Waals surface area contributed by atoms with Gasteiger partial charge in [-0.25, -0.2) is 17.9 Å². The first-order chi connectivity index (χ1) is 10.7. The molecule has 0 amide bonds. The summed E-state index contributed by atoms with van der Waals surface area (Å²) in [5, 5.41) is 19.0. The second kappa shape index (κ2) is 6.38. The van der Waals surface area contributed by atoms with E-state index in [0.717, 1.165) is 6.07 Å². The topological polar surface area (TPSA) is 125 Å². The van der Waals surface area contributed by atoms with Crippen LogP contribution in [0.4, 0.5) is 15.8 Å². The number of primary sulfonamides is 1. The zero-order chi connectivity index (χ0) is 17.3. The highest BCUT2D eigenvalue weighted by molar-refractivity contribution is 7.89. The first kappa shape index (κ1) is 17.6. The predicted octanol–water partition coefficient (Wildman–Crippen LogP) is 1.42. The number of hydrogen-bond acceptors (Lipinski definition) is 6. The molecule has 0 bridgehead atoms. The molecule has 10 heteroatoms. The molecule has 0 aromatic heterocycles. The maximum absolute atomic E-state index is 12.9. The van der Waals surface area contributed by atoms with Crippen LogP contribution < -0.4 is 10.5 Å². The van der Waals surface area contributed by atoms with E-state index in [1.165, 1.54) is 19.2 Å². The number of hydrogen-bond donors (Lipinski definition) is 2. The lowest BCUT2D eigenvalue weighted by Crippen LogP contribution is -2.49. The van der Waals surface area contributed by atoms with Crippen molar-refractivity contribution in [2.24, 2.45) is 11.1 Å². The number of nitro benzene ring substituents is 1. The number of methoxy groups -OCH3 is 1. The van der Waals surface area contributed by atoms with Crippen molar-refractivity contribution in [2.75, 3.05) is 25.6 Å². The van der Waals surface area contributed by atoms with Gasteiger partial charge in [0.1, 0.15) is 12.4 Å². The third-order valence-corrected chi connectivity index (χ3v) is 4.98. The Morgan fingerprint density at radius 2 is 2.17 bits per heavy atom. The molecule has 128 valence electrons. The molecule has 0 saturated heterocycles. The Bertz CT molecular complexity index is 698. The van der Waals surface area contributed by atoms with Gasteiger partial charge in [-0.15, -0.1) is 0 Å².